The monoisotopic (exact) mass is 251 g/mol. The maximum absolute atomic E-state index is 10.7. The lowest BCUT2D eigenvalue weighted by atomic mass is 9.87. The summed E-state index contributed by atoms with van der Waals surface area (Å²) in [5, 5.41) is 10.7. The summed E-state index contributed by atoms with van der Waals surface area (Å²) in [7, 11) is 1.95. The number of benzene rings is 1. The van der Waals surface area contributed by atoms with Gasteiger partial charge in [-0.3, -0.25) is 10.1 Å². The molecule has 1 unspecified atom stereocenters. The zero-order chi connectivity index (χ0) is 14.1. The molecule has 0 spiro atoms. The van der Waals surface area contributed by atoms with Crippen LogP contribution >= 0.6 is 0 Å². The lowest BCUT2D eigenvalue weighted by Crippen LogP contribution is -2.39. The molecule has 0 amide bonds. The lowest BCUT2D eigenvalue weighted by molar-refractivity contribution is -0.384. The number of hydrogen-bond acceptors (Lipinski definition) is 4. The molecule has 1 aromatic carbocycles. The molecular weight excluding hydrogens is 230 g/mol. The summed E-state index contributed by atoms with van der Waals surface area (Å²) >= 11 is 0. The second-order valence-electron chi connectivity index (χ2n) is 5.65. The molecule has 0 fully saturated rings. The van der Waals surface area contributed by atoms with Crippen molar-refractivity contribution < 1.29 is 4.92 Å². The van der Waals surface area contributed by atoms with Crippen molar-refractivity contribution in [2.75, 3.05) is 17.7 Å². The molecule has 0 radical (unpaired) electrons. The van der Waals surface area contributed by atoms with Crippen molar-refractivity contribution in [3.05, 3.63) is 28.3 Å². The number of nitro groups is 1. The van der Waals surface area contributed by atoms with Gasteiger partial charge in [0.15, 0.2) is 0 Å². The van der Waals surface area contributed by atoms with Gasteiger partial charge in [-0.2, -0.15) is 0 Å². The van der Waals surface area contributed by atoms with Gasteiger partial charge in [0.1, 0.15) is 0 Å². The van der Waals surface area contributed by atoms with E-state index in [4.69, 9.17) is 5.73 Å². The van der Waals surface area contributed by atoms with E-state index in [0.29, 0.717) is 5.69 Å². The summed E-state index contributed by atoms with van der Waals surface area (Å²) < 4.78 is 0. The Morgan fingerprint density at radius 1 is 1.39 bits per heavy atom. The molecule has 0 bridgehead atoms. The Labute approximate surface area is 108 Å². The molecule has 0 saturated carbocycles. The first-order valence-corrected chi connectivity index (χ1v) is 5.91. The predicted octanol–water partition coefficient (Wildman–Crippen LogP) is 3.05. The van der Waals surface area contributed by atoms with Gasteiger partial charge in [0, 0.05) is 25.2 Å². The molecule has 1 atom stereocenters. The largest absolute Gasteiger partial charge is 0.397 e. The normalized spacial score (nSPS) is 13.2. The molecule has 0 aliphatic carbocycles. The Morgan fingerprint density at radius 2 is 1.94 bits per heavy atom. The van der Waals surface area contributed by atoms with Crippen LogP contribution in [0.1, 0.15) is 27.7 Å². The van der Waals surface area contributed by atoms with Gasteiger partial charge in [-0.1, -0.05) is 20.8 Å². The van der Waals surface area contributed by atoms with Crippen molar-refractivity contribution in [2.24, 2.45) is 5.41 Å². The van der Waals surface area contributed by atoms with Crippen molar-refractivity contribution in [1.82, 2.24) is 0 Å². The Bertz CT molecular complexity index is 452. The summed E-state index contributed by atoms with van der Waals surface area (Å²) in [4.78, 5) is 12.3. The van der Waals surface area contributed by atoms with Gasteiger partial charge in [0.25, 0.3) is 5.69 Å². The fourth-order valence-electron chi connectivity index (χ4n) is 1.77. The first-order chi connectivity index (χ1) is 8.14. The van der Waals surface area contributed by atoms with Gasteiger partial charge in [-0.25, -0.2) is 0 Å². The van der Waals surface area contributed by atoms with E-state index < -0.39 is 4.92 Å². The smallest absolute Gasteiger partial charge is 0.271 e. The van der Waals surface area contributed by atoms with E-state index in [2.05, 4.69) is 32.6 Å². The number of hydrogen-bond donors (Lipinski definition) is 1. The maximum Gasteiger partial charge on any atom is 0.271 e. The third-order valence-corrected chi connectivity index (χ3v) is 3.44. The highest BCUT2D eigenvalue weighted by molar-refractivity contribution is 5.70. The minimum absolute atomic E-state index is 0.0214. The number of non-ortho nitro benzene ring substituents is 1. The first kappa shape index (κ1) is 14.3. The van der Waals surface area contributed by atoms with Crippen molar-refractivity contribution in [3.63, 3.8) is 0 Å². The third kappa shape index (κ3) is 2.91. The molecule has 1 aromatic rings. The Hall–Kier alpha value is -1.78. The van der Waals surface area contributed by atoms with Crippen molar-refractivity contribution in [3.8, 4) is 0 Å². The van der Waals surface area contributed by atoms with Crippen LogP contribution in [0.15, 0.2) is 18.2 Å². The number of nitrogens with two attached hydrogens (primary N) is 1. The van der Waals surface area contributed by atoms with Crippen LogP contribution < -0.4 is 10.6 Å². The third-order valence-electron chi connectivity index (χ3n) is 3.44. The van der Waals surface area contributed by atoms with E-state index in [1.54, 1.807) is 6.07 Å². The average molecular weight is 251 g/mol. The van der Waals surface area contributed by atoms with Crippen LogP contribution in [-0.4, -0.2) is 18.0 Å². The van der Waals surface area contributed by atoms with Crippen LogP contribution in [0.3, 0.4) is 0 Å². The Morgan fingerprint density at radius 3 is 2.33 bits per heavy atom. The molecule has 18 heavy (non-hydrogen) atoms. The number of rotatable bonds is 3. The van der Waals surface area contributed by atoms with Gasteiger partial charge in [0.2, 0.25) is 0 Å². The summed E-state index contributed by atoms with van der Waals surface area (Å²) in [5.41, 5.74) is 7.27. The Kier molecular flexibility index (Phi) is 3.84. The molecule has 1 rings (SSSR count). The van der Waals surface area contributed by atoms with Crippen molar-refractivity contribution >= 4 is 17.1 Å². The van der Waals surface area contributed by atoms with Crippen LogP contribution in [0, 0.1) is 15.5 Å². The Balaban J connectivity index is 3.08. The molecule has 0 heterocycles. The van der Waals surface area contributed by atoms with Crippen LogP contribution in [0.4, 0.5) is 17.1 Å². The summed E-state index contributed by atoms with van der Waals surface area (Å²) in [6.45, 7) is 8.56. The summed E-state index contributed by atoms with van der Waals surface area (Å²) in [6.07, 6.45) is 0. The summed E-state index contributed by atoms with van der Waals surface area (Å²) in [6, 6.07) is 4.86. The van der Waals surface area contributed by atoms with E-state index in [1.165, 1.54) is 12.1 Å². The van der Waals surface area contributed by atoms with Crippen molar-refractivity contribution in [1.29, 1.82) is 0 Å². The molecule has 5 heteroatoms. The SMILES string of the molecule is CC(N(C)c1ccc([N+](=O)[O-])cc1N)C(C)(C)C. The number of nitrogen functional groups attached to an aromatic ring is 1. The second-order valence-corrected chi connectivity index (χ2v) is 5.65. The molecule has 100 valence electrons. The van der Waals surface area contributed by atoms with Gasteiger partial charge >= 0.3 is 0 Å². The number of nitrogens with zero attached hydrogens (tertiary/aromatic N) is 2. The van der Waals surface area contributed by atoms with E-state index in [1.807, 2.05) is 7.05 Å². The lowest BCUT2D eigenvalue weighted by Gasteiger charge is -2.37. The van der Waals surface area contributed by atoms with Gasteiger partial charge < -0.3 is 10.6 Å². The van der Waals surface area contributed by atoms with E-state index in [9.17, 15) is 10.1 Å². The van der Waals surface area contributed by atoms with E-state index >= 15 is 0 Å². The zero-order valence-electron chi connectivity index (χ0n) is 11.6. The minimum Gasteiger partial charge on any atom is -0.397 e. The quantitative estimate of drug-likeness (QED) is 0.509. The molecule has 0 aliphatic heterocycles. The fraction of sp³-hybridized carbons (Fsp3) is 0.538. The van der Waals surface area contributed by atoms with Gasteiger partial charge in [-0.05, 0) is 18.4 Å². The minimum atomic E-state index is -0.437. The molecule has 0 aliphatic rings. The predicted molar refractivity (Wildman–Crippen MR) is 74.8 cm³/mol. The fourth-order valence-corrected chi connectivity index (χ4v) is 1.77. The second kappa shape index (κ2) is 4.84. The van der Waals surface area contributed by atoms with Crippen molar-refractivity contribution in [2.45, 2.75) is 33.7 Å². The van der Waals surface area contributed by atoms with Crippen LogP contribution in [0.25, 0.3) is 0 Å². The molecule has 2 N–H and O–H groups in total. The topological polar surface area (TPSA) is 72.4 Å². The molecule has 0 saturated heterocycles. The zero-order valence-corrected chi connectivity index (χ0v) is 11.6. The van der Waals surface area contributed by atoms with Crippen LogP contribution in [0.2, 0.25) is 0 Å². The number of anilines is 2. The molecule has 5 nitrogen and oxygen atoms in total. The number of nitro benzene ring substituents is 1. The highest BCUT2D eigenvalue weighted by atomic mass is 16.6. The maximum atomic E-state index is 10.7. The van der Waals surface area contributed by atoms with Gasteiger partial charge in [-0.15, -0.1) is 0 Å². The first-order valence-electron chi connectivity index (χ1n) is 5.91. The molecular formula is C13H21N3O2. The van der Waals surface area contributed by atoms with Crippen LogP contribution in [0.5, 0.6) is 0 Å². The van der Waals surface area contributed by atoms with Gasteiger partial charge in [0.05, 0.1) is 16.3 Å². The van der Waals surface area contributed by atoms with E-state index in [-0.39, 0.29) is 17.1 Å². The highest BCUT2D eigenvalue weighted by Gasteiger charge is 2.25. The summed E-state index contributed by atoms with van der Waals surface area (Å²) in [5.74, 6) is 0. The average Bonchev–Trinajstić information content (AvgIpc) is 2.25. The van der Waals surface area contributed by atoms with Crippen LogP contribution in [-0.2, 0) is 0 Å². The standard InChI is InChI=1S/C13H21N3O2/c1-9(13(2,3)4)15(5)12-7-6-10(16(17)18)8-11(12)14/h6-9H,14H2,1-5H3. The highest BCUT2D eigenvalue weighted by Crippen LogP contribution is 2.32. The van der Waals surface area contributed by atoms with E-state index in [0.717, 1.165) is 5.69 Å². The molecule has 0 aromatic heterocycles.